The van der Waals surface area contributed by atoms with Gasteiger partial charge in [-0.15, -0.1) is 0 Å². The van der Waals surface area contributed by atoms with Gasteiger partial charge in [-0.3, -0.25) is 19.7 Å². The number of methoxy groups -OCH3 is 1. The molecule has 0 aliphatic heterocycles. The highest BCUT2D eigenvalue weighted by molar-refractivity contribution is 5.97. The summed E-state index contributed by atoms with van der Waals surface area (Å²) in [6.07, 6.45) is 0. The minimum atomic E-state index is -0.966. The smallest absolute Gasteiger partial charge is 0.328 e. The molecular weight excluding hydrogens is 394 g/mol. The molecule has 0 radical (unpaired) electrons. The normalized spacial score (nSPS) is 11.2. The zero-order chi connectivity index (χ0) is 22.3. The second-order valence-electron chi connectivity index (χ2n) is 6.31. The molecule has 2 aromatic carbocycles. The summed E-state index contributed by atoms with van der Waals surface area (Å²) in [5.41, 5.74) is 0.870. The number of carbonyl (C=O) groups is 3. The molecule has 1 atom stereocenters. The number of nitrogens with one attached hydrogen (secondary N) is 2. The predicted octanol–water partition coefficient (Wildman–Crippen LogP) is 2.21. The Bertz CT molecular complexity index is 960. The third-order valence-electron chi connectivity index (χ3n) is 4.08. The molecule has 0 unspecified atom stereocenters. The molecule has 0 saturated heterocycles. The van der Waals surface area contributed by atoms with E-state index in [1.807, 2.05) is 0 Å². The van der Waals surface area contributed by atoms with Crippen molar-refractivity contribution in [1.82, 2.24) is 5.32 Å². The molecule has 0 heterocycles. The number of nitro benzene ring substituents is 1. The fourth-order valence-corrected chi connectivity index (χ4v) is 2.49. The Kier molecular flexibility index (Phi) is 7.45. The van der Waals surface area contributed by atoms with E-state index < -0.39 is 35.4 Å². The van der Waals surface area contributed by atoms with Crippen molar-refractivity contribution in [2.75, 3.05) is 19.0 Å². The first kappa shape index (κ1) is 22.3. The molecule has 30 heavy (non-hydrogen) atoms. The number of anilines is 1. The summed E-state index contributed by atoms with van der Waals surface area (Å²) in [7, 11) is 1.27. The summed E-state index contributed by atoms with van der Waals surface area (Å²) >= 11 is 0. The van der Waals surface area contributed by atoms with E-state index in [1.165, 1.54) is 26.2 Å². The summed E-state index contributed by atoms with van der Waals surface area (Å²) in [5, 5.41) is 16.0. The van der Waals surface area contributed by atoms with Crippen LogP contribution in [0.1, 0.15) is 22.8 Å². The van der Waals surface area contributed by atoms with Crippen molar-refractivity contribution in [2.45, 2.75) is 19.9 Å². The standard InChI is InChI=1S/C20H21N3O7/c1-12-9-16(23(27)28)17(29-3)10-15(12)22-18(24)11-30-20(26)13(2)21-19(25)14-7-5-4-6-8-14/h4-10,13H,11H2,1-3H3,(H,21,25)(H,22,24)/t13-/m0/s1. The number of ether oxygens (including phenoxy) is 2. The number of rotatable bonds is 8. The summed E-state index contributed by atoms with van der Waals surface area (Å²) in [5.74, 6) is -1.90. The Hall–Kier alpha value is -3.95. The van der Waals surface area contributed by atoms with Crippen LogP contribution >= 0.6 is 0 Å². The van der Waals surface area contributed by atoms with E-state index in [4.69, 9.17) is 9.47 Å². The van der Waals surface area contributed by atoms with Gasteiger partial charge in [-0.1, -0.05) is 18.2 Å². The first-order chi connectivity index (χ1) is 14.2. The molecule has 2 N–H and O–H groups in total. The van der Waals surface area contributed by atoms with Crippen molar-refractivity contribution in [3.05, 3.63) is 63.7 Å². The molecule has 0 saturated carbocycles. The van der Waals surface area contributed by atoms with Gasteiger partial charge in [0.1, 0.15) is 6.04 Å². The van der Waals surface area contributed by atoms with Crippen LogP contribution in [0.25, 0.3) is 0 Å². The summed E-state index contributed by atoms with van der Waals surface area (Å²) in [6.45, 7) is 2.42. The van der Waals surface area contributed by atoms with Gasteiger partial charge in [0, 0.05) is 23.4 Å². The van der Waals surface area contributed by atoms with Gasteiger partial charge in [-0.25, -0.2) is 4.79 Å². The molecule has 10 heteroatoms. The average Bonchev–Trinajstić information content (AvgIpc) is 2.73. The molecule has 10 nitrogen and oxygen atoms in total. The predicted molar refractivity (Wildman–Crippen MR) is 107 cm³/mol. The Morgan fingerprint density at radius 3 is 2.43 bits per heavy atom. The Morgan fingerprint density at radius 2 is 1.83 bits per heavy atom. The van der Waals surface area contributed by atoms with E-state index in [0.29, 0.717) is 11.1 Å². The number of amides is 2. The number of benzene rings is 2. The summed E-state index contributed by atoms with van der Waals surface area (Å²) in [6, 6.07) is 9.96. The van der Waals surface area contributed by atoms with Crippen LogP contribution < -0.4 is 15.4 Å². The minimum absolute atomic E-state index is 0.0184. The largest absolute Gasteiger partial charge is 0.490 e. The average molecular weight is 415 g/mol. The van der Waals surface area contributed by atoms with Crippen molar-refractivity contribution in [3.63, 3.8) is 0 Å². The fraction of sp³-hybridized carbons (Fsp3) is 0.250. The van der Waals surface area contributed by atoms with Crippen LogP contribution in [0.5, 0.6) is 5.75 Å². The van der Waals surface area contributed by atoms with Crippen LogP contribution in [0.15, 0.2) is 42.5 Å². The van der Waals surface area contributed by atoms with Crippen LogP contribution in [-0.2, 0) is 14.3 Å². The molecular formula is C20H21N3O7. The van der Waals surface area contributed by atoms with E-state index in [-0.39, 0.29) is 17.1 Å². The van der Waals surface area contributed by atoms with Gasteiger partial charge in [0.15, 0.2) is 12.4 Å². The van der Waals surface area contributed by atoms with Crippen molar-refractivity contribution in [2.24, 2.45) is 0 Å². The maximum Gasteiger partial charge on any atom is 0.328 e. The molecule has 0 spiro atoms. The summed E-state index contributed by atoms with van der Waals surface area (Å²) < 4.78 is 9.90. The zero-order valence-corrected chi connectivity index (χ0v) is 16.6. The van der Waals surface area contributed by atoms with Gasteiger partial charge in [0.25, 0.3) is 11.8 Å². The van der Waals surface area contributed by atoms with Gasteiger partial charge in [0.05, 0.1) is 12.0 Å². The van der Waals surface area contributed by atoms with Crippen molar-refractivity contribution in [3.8, 4) is 5.75 Å². The lowest BCUT2D eigenvalue weighted by atomic mass is 10.1. The van der Waals surface area contributed by atoms with Gasteiger partial charge < -0.3 is 20.1 Å². The zero-order valence-electron chi connectivity index (χ0n) is 16.6. The van der Waals surface area contributed by atoms with Crippen LogP contribution in [-0.4, -0.2) is 42.5 Å². The lowest BCUT2D eigenvalue weighted by Gasteiger charge is -2.14. The molecule has 0 aliphatic rings. The number of hydrogen-bond donors (Lipinski definition) is 2. The lowest BCUT2D eigenvalue weighted by Crippen LogP contribution is -2.40. The minimum Gasteiger partial charge on any atom is -0.490 e. The monoisotopic (exact) mass is 415 g/mol. The van der Waals surface area contributed by atoms with E-state index >= 15 is 0 Å². The van der Waals surface area contributed by atoms with Crippen molar-refractivity contribution in [1.29, 1.82) is 0 Å². The van der Waals surface area contributed by atoms with E-state index in [0.717, 1.165) is 0 Å². The molecule has 0 aliphatic carbocycles. The Labute approximate surface area is 172 Å². The highest BCUT2D eigenvalue weighted by Gasteiger charge is 2.21. The number of nitrogens with zero attached hydrogens (tertiary/aromatic N) is 1. The van der Waals surface area contributed by atoms with Crippen molar-refractivity contribution < 1.29 is 28.8 Å². The topological polar surface area (TPSA) is 137 Å². The van der Waals surface area contributed by atoms with Crippen LogP contribution in [0, 0.1) is 17.0 Å². The highest BCUT2D eigenvalue weighted by atomic mass is 16.6. The van der Waals surface area contributed by atoms with Gasteiger partial charge in [0.2, 0.25) is 0 Å². The number of aryl methyl sites for hydroxylation is 1. The van der Waals surface area contributed by atoms with Crippen LogP contribution in [0.3, 0.4) is 0 Å². The summed E-state index contributed by atoms with van der Waals surface area (Å²) in [4.78, 5) is 46.6. The maximum absolute atomic E-state index is 12.1. The van der Waals surface area contributed by atoms with Crippen LogP contribution in [0.4, 0.5) is 11.4 Å². The fourth-order valence-electron chi connectivity index (χ4n) is 2.49. The molecule has 2 aromatic rings. The third kappa shape index (κ3) is 5.77. The molecule has 0 aromatic heterocycles. The van der Waals surface area contributed by atoms with Gasteiger partial charge in [-0.05, 0) is 31.5 Å². The van der Waals surface area contributed by atoms with Crippen molar-refractivity contribution >= 4 is 29.2 Å². The molecule has 2 amide bonds. The molecule has 0 bridgehead atoms. The third-order valence-corrected chi connectivity index (χ3v) is 4.08. The Balaban J connectivity index is 1.92. The number of hydrogen-bond acceptors (Lipinski definition) is 7. The molecule has 0 fully saturated rings. The number of esters is 1. The Morgan fingerprint density at radius 1 is 1.17 bits per heavy atom. The number of nitro groups is 1. The maximum atomic E-state index is 12.1. The molecule has 158 valence electrons. The second-order valence-corrected chi connectivity index (χ2v) is 6.31. The van der Waals surface area contributed by atoms with Crippen LogP contribution in [0.2, 0.25) is 0 Å². The number of carbonyl (C=O) groups excluding carboxylic acids is 3. The van der Waals surface area contributed by atoms with E-state index in [1.54, 1.807) is 37.3 Å². The SMILES string of the molecule is COc1cc(NC(=O)COC(=O)[C@H](C)NC(=O)c2ccccc2)c(C)cc1[N+](=O)[O-]. The first-order valence-corrected chi connectivity index (χ1v) is 8.88. The van der Waals surface area contributed by atoms with E-state index in [9.17, 15) is 24.5 Å². The second kappa shape index (κ2) is 10.0. The lowest BCUT2D eigenvalue weighted by molar-refractivity contribution is -0.385. The van der Waals surface area contributed by atoms with Gasteiger partial charge in [-0.2, -0.15) is 0 Å². The van der Waals surface area contributed by atoms with Gasteiger partial charge >= 0.3 is 11.7 Å². The highest BCUT2D eigenvalue weighted by Crippen LogP contribution is 2.32. The first-order valence-electron chi connectivity index (χ1n) is 8.88. The quantitative estimate of drug-likeness (QED) is 0.383. The van der Waals surface area contributed by atoms with E-state index in [2.05, 4.69) is 10.6 Å². The molecule has 2 rings (SSSR count).